The zero-order chi connectivity index (χ0) is 22.5. The lowest BCUT2D eigenvalue weighted by atomic mass is 10.2. The smallest absolute Gasteiger partial charge is 0.222 e. The second kappa shape index (κ2) is 14.3. The van der Waals surface area contributed by atoms with Gasteiger partial charge in [-0.3, -0.25) is 0 Å². The number of oxime groups is 1. The molecule has 0 aromatic heterocycles. The normalized spacial score (nSPS) is 11.1. The minimum absolute atomic E-state index is 0.127. The van der Waals surface area contributed by atoms with Crippen molar-refractivity contribution >= 4 is 52.3 Å². The fourth-order valence-corrected chi connectivity index (χ4v) is 3.06. The fourth-order valence-electron chi connectivity index (χ4n) is 2.36. The van der Waals surface area contributed by atoms with Crippen molar-refractivity contribution in [3.05, 3.63) is 68.6 Å². The summed E-state index contributed by atoms with van der Waals surface area (Å²) in [6.07, 6.45) is 3.04. The highest BCUT2D eigenvalue weighted by Crippen LogP contribution is 2.37. The van der Waals surface area contributed by atoms with Crippen LogP contribution < -0.4 is 9.47 Å². The van der Waals surface area contributed by atoms with Crippen LogP contribution in [-0.4, -0.2) is 25.7 Å². The molecule has 2 aromatic rings. The Balaban J connectivity index is 1.64. The topological polar surface area (TPSA) is 49.3 Å². The average molecular weight is 507 g/mol. The lowest BCUT2D eigenvalue weighted by Gasteiger charge is -2.12. The molecule has 0 bridgehead atoms. The maximum Gasteiger partial charge on any atom is 0.222 e. The van der Waals surface area contributed by atoms with E-state index in [0.29, 0.717) is 47.3 Å². The number of halogens is 4. The summed E-state index contributed by atoms with van der Waals surface area (Å²) in [5.41, 5.74) is 1.05. The van der Waals surface area contributed by atoms with Crippen LogP contribution in [0.25, 0.3) is 0 Å². The van der Waals surface area contributed by atoms with Crippen molar-refractivity contribution in [1.29, 1.82) is 0 Å². The zero-order valence-electron chi connectivity index (χ0n) is 17.0. The first-order valence-corrected chi connectivity index (χ1v) is 11.1. The summed E-state index contributed by atoms with van der Waals surface area (Å²) in [5.74, 6) is 1.38. The van der Waals surface area contributed by atoms with Crippen LogP contribution in [0.4, 0.5) is 0 Å². The summed E-state index contributed by atoms with van der Waals surface area (Å²) < 4.78 is 16.8. The molecule has 0 aliphatic carbocycles. The summed E-state index contributed by atoms with van der Waals surface area (Å²) in [5, 5.41) is 4.66. The Hall–Kier alpha value is -1.79. The molecule has 0 amide bonds. The molecule has 0 fully saturated rings. The molecule has 0 N–H and O–H groups in total. The summed E-state index contributed by atoms with van der Waals surface area (Å²) in [7, 11) is 0. The van der Waals surface area contributed by atoms with Crippen molar-refractivity contribution in [2.24, 2.45) is 5.16 Å². The molecule has 0 heterocycles. The van der Waals surface area contributed by atoms with E-state index in [-0.39, 0.29) is 11.1 Å². The van der Waals surface area contributed by atoms with E-state index in [0.717, 1.165) is 18.4 Å². The van der Waals surface area contributed by atoms with Gasteiger partial charge in [-0.05, 0) is 24.5 Å². The summed E-state index contributed by atoms with van der Waals surface area (Å²) in [6, 6.07) is 13.0. The number of unbranched alkanes of at least 4 members (excludes halogenated alkanes) is 1. The summed E-state index contributed by atoms with van der Waals surface area (Å²) in [4.78, 5) is 5.27. The van der Waals surface area contributed by atoms with E-state index >= 15 is 0 Å². The molecule has 2 aromatic carbocycles. The molecule has 31 heavy (non-hydrogen) atoms. The third-order valence-electron chi connectivity index (χ3n) is 3.82. The van der Waals surface area contributed by atoms with Gasteiger partial charge < -0.3 is 19.0 Å². The Morgan fingerprint density at radius 3 is 2.32 bits per heavy atom. The molecule has 9 heteroatoms. The van der Waals surface area contributed by atoms with E-state index in [4.69, 9.17) is 65.5 Å². The molecule has 0 saturated heterocycles. The second-order valence-corrected chi connectivity index (χ2v) is 8.12. The molecule has 0 spiro atoms. The number of hydrogen-bond donors (Lipinski definition) is 0. The van der Waals surface area contributed by atoms with Crippen LogP contribution in [0.3, 0.4) is 0 Å². The molecule has 0 atom stereocenters. The number of rotatable bonds is 12. The summed E-state index contributed by atoms with van der Waals surface area (Å²) >= 11 is 23.6. The molecule has 0 aliphatic heterocycles. The van der Waals surface area contributed by atoms with Gasteiger partial charge in [-0.15, -0.1) is 0 Å². The zero-order valence-corrected chi connectivity index (χ0v) is 20.0. The van der Waals surface area contributed by atoms with Crippen LogP contribution in [0, 0.1) is 0 Å². The van der Waals surface area contributed by atoms with Crippen LogP contribution in [0.1, 0.15) is 25.3 Å². The van der Waals surface area contributed by atoms with Crippen LogP contribution in [0.5, 0.6) is 11.5 Å². The third kappa shape index (κ3) is 10.4. The van der Waals surface area contributed by atoms with E-state index in [1.54, 1.807) is 19.1 Å². The van der Waals surface area contributed by atoms with Crippen LogP contribution >= 0.6 is 46.4 Å². The van der Waals surface area contributed by atoms with E-state index < -0.39 is 0 Å². The molecule has 0 aliphatic rings. The van der Waals surface area contributed by atoms with Crippen molar-refractivity contribution in [2.45, 2.75) is 26.4 Å². The van der Waals surface area contributed by atoms with E-state index in [1.165, 1.54) is 6.08 Å². The molecular weight excluding hydrogens is 484 g/mol. The van der Waals surface area contributed by atoms with Gasteiger partial charge in [-0.2, -0.15) is 0 Å². The molecular formula is C22H23Cl4NO4. The van der Waals surface area contributed by atoms with Crippen molar-refractivity contribution in [2.75, 3.05) is 19.8 Å². The standard InChI is InChI=1S/C22H23Cl4NO4/c1-16(27-31-15-17-7-3-2-4-8-17)28-10-5-6-11-30-22-19(23)13-18(14-20(22)24)29-12-9-21(25)26/h2-4,7-9,13-14H,5-6,10-12,15H2,1H3. The van der Waals surface area contributed by atoms with Crippen molar-refractivity contribution in [3.63, 3.8) is 0 Å². The van der Waals surface area contributed by atoms with E-state index in [9.17, 15) is 0 Å². The highest BCUT2D eigenvalue weighted by molar-refractivity contribution is 6.55. The Labute approximate surface area is 202 Å². The number of benzene rings is 2. The third-order valence-corrected chi connectivity index (χ3v) is 4.69. The highest BCUT2D eigenvalue weighted by Gasteiger charge is 2.10. The largest absolute Gasteiger partial charge is 0.490 e. The Morgan fingerprint density at radius 2 is 1.65 bits per heavy atom. The lowest BCUT2D eigenvalue weighted by Crippen LogP contribution is -2.05. The molecule has 0 unspecified atom stereocenters. The number of hydrogen-bond acceptors (Lipinski definition) is 5. The van der Waals surface area contributed by atoms with Gasteiger partial charge >= 0.3 is 0 Å². The van der Waals surface area contributed by atoms with E-state index in [2.05, 4.69) is 5.16 Å². The van der Waals surface area contributed by atoms with Gasteiger partial charge in [-0.1, -0.05) is 81.9 Å². The van der Waals surface area contributed by atoms with Gasteiger partial charge in [-0.25, -0.2) is 0 Å². The van der Waals surface area contributed by atoms with Crippen LogP contribution in [0.15, 0.2) is 58.2 Å². The monoisotopic (exact) mass is 505 g/mol. The van der Waals surface area contributed by atoms with Gasteiger partial charge in [0.15, 0.2) is 5.75 Å². The van der Waals surface area contributed by atoms with Gasteiger partial charge in [0.1, 0.15) is 23.5 Å². The minimum Gasteiger partial charge on any atom is -0.490 e. The first kappa shape index (κ1) is 25.5. The quantitative estimate of drug-likeness (QED) is 0.130. The molecule has 5 nitrogen and oxygen atoms in total. The van der Waals surface area contributed by atoms with Crippen LogP contribution in [0.2, 0.25) is 10.0 Å². The summed E-state index contributed by atoms with van der Waals surface area (Å²) in [6.45, 7) is 3.29. The molecule has 168 valence electrons. The number of nitrogens with zero attached hydrogens (tertiary/aromatic N) is 1. The second-order valence-electron chi connectivity index (χ2n) is 6.29. The van der Waals surface area contributed by atoms with Crippen molar-refractivity contribution in [3.8, 4) is 11.5 Å². The first-order chi connectivity index (χ1) is 15.0. The van der Waals surface area contributed by atoms with Crippen LogP contribution in [-0.2, 0) is 16.2 Å². The van der Waals surface area contributed by atoms with Gasteiger partial charge in [0.2, 0.25) is 5.90 Å². The lowest BCUT2D eigenvalue weighted by molar-refractivity contribution is 0.118. The predicted octanol–water partition coefficient (Wildman–Crippen LogP) is 7.42. The molecule has 0 radical (unpaired) electrons. The Bertz CT molecular complexity index is 848. The first-order valence-electron chi connectivity index (χ1n) is 9.55. The molecule has 2 rings (SSSR count). The van der Waals surface area contributed by atoms with Crippen molar-refractivity contribution < 1.29 is 19.0 Å². The van der Waals surface area contributed by atoms with Gasteiger partial charge in [0.05, 0.1) is 23.3 Å². The number of ether oxygens (including phenoxy) is 3. The highest BCUT2D eigenvalue weighted by atomic mass is 35.5. The molecule has 0 saturated carbocycles. The maximum absolute atomic E-state index is 6.24. The fraction of sp³-hybridized carbons (Fsp3) is 0.318. The predicted molar refractivity (Wildman–Crippen MR) is 127 cm³/mol. The maximum atomic E-state index is 6.24. The van der Waals surface area contributed by atoms with E-state index in [1.807, 2.05) is 30.3 Å². The Kier molecular flexibility index (Phi) is 11.8. The van der Waals surface area contributed by atoms with Gasteiger partial charge in [0, 0.05) is 19.1 Å². The van der Waals surface area contributed by atoms with Crippen molar-refractivity contribution in [1.82, 2.24) is 0 Å². The Morgan fingerprint density at radius 1 is 0.968 bits per heavy atom. The van der Waals surface area contributed by atoms with Gasteiger partial charge in [0.25, 0.3) is 0 Å². The average Bonchev–Trinajstić information content (AvgIpc) is 2.72. The minimum atomic E-state index is 0.127. The SMILES string of the molecule is CC(=NOCc1ccccc1)OCCCCOc1c(Cl)cc(OCC=C(Cl)Cl)cc1Cl.